The van der Waals surface area contributed by atoms with Crippen LogP contribution in [0.1, 0.15) is 0 Å². The number of aliphatic hydroxyl groups is 8. The van der Waals surface area contributed by atoms with E-state index in [0.29, 0.717) is 0 Å². The van der Waals surface area contributed by atoms with Crippen LogP contribution < -0.4 is 10.2 Å². The third-order valence-electron chi connectivity index (χ3n) is 2.98. The summed E-state index contributed by atoms with van der Waals surface area (Å²) in [7, 11) is 0. The SMILES string of the molecule is O.O=C(O)[C@H](O)[C@@H](O)[C@H](O)[C@H](O)C[O-].O=C(O)[C@H](O)[C@@H](O)[C@H](O)[C@H](O)C[O-].[Mn+2]. The first-order chi connectivity index (χ1) is 11.8. The van der Waals surface area contributed by atoms with Gasteiger partial charge in [-0.1, -0.05) is 0 Å². The van der Waals surface area contributed by atoms with E-state index in [-0.39, 0.29) is 22.5 Å². The summed E-state index contributed by atoms with van der Waals surface area (Å²) in [5, 5.41) is 107. The maximum absolute atomic E-state index is 10.1. The molecule has 0 aromatic heterocycles. The summed E-state index contributed by atoms with van der Waals surface area (Å²) in [5.74, 6) is -3.49. The normalized spacial score (nSPS) is 18.9. The summed E-state index contributed by atoms with van der Waals surface area (Å²) in [6, 6.07) is 0. The van der Waals surface area contributed by atoms with Gasteiger partial charge in [-0.15, -0.1) is 13.2 Å². The molecule has 28 heavy (non-hydrogen) atoms. The molecule has 0 aliphatic carbocycles. The van der Waals surface area contributed by atoms with Crippen LogP contribution in [0.15, 0.2) is 0 Å². The van der Waals surface area contributed by atoms with Crippen molar-refractivity contribution >= 4 is 11.9 Å². The van der Waals surface area contributed by atoms with Gasteiger partial charge in [-0.3, -0.25) is 0 Å². The Morgan fingerprint density at radius 1 is 0.607 bits per heavy atom. The van der Waals surface area contributed by atoms with Gasteiger partial charge in [-0.2, -0.15) is 0 Å². The Hall–Kier alpha value is -0.981. The molecule has 0 unspecified atom stereocenters. The molecule has 0 aromatic carbocycles. The van der Waals surface area contributed by atoms with Crippen LogP contribution in [-0.4, -0.2) is 131 Å². The second-order valence-electron chi connectivity index (χ2n) is 5.00. The smallest absolute Gasteiger partial charge is 0.853 e. The minimum atomic E-state index is -2.23. The van der Waals surface area contributed by atoms with Gasteiger partial charge in [0.15, 0.2) is 12.2 Å². The summed E-state index contributed by atoms with van der Waals surface area (Å²) in [5.41, 5.74) is 0. The van der Waals surface area contributed by atoms with Gasteiger partial charge < -0.3 is 66.8 Å². The molecule has 0 amide bonds. The van der Waals surface area contributed by atoms with Gasteiger partial charge in [0.25, 0.3) is 0 Å². The van der Waals surface area contributed by atoms with Crippen LogP contribution in [-0.2, 0) is 26.7 Å². The molecule has 0 aromatic rings. The number of rotatable bonds is 10. The van der Waals surface area contributed by atoms with Gasteiger partial charge in [-0.05, 0) is 0 Å². The Morgan fingerprint density at radius 3 is 0.964 bits per heavy atom. The Labute approximate surface area is 168 Å². The van der Waals surface area contributed by atoms with Crippen molar-refractivity contribution in [1.82, 2.24) is 0 Å². The van der Waals surface area contributed by atoms with E-state index < -0.39 is 74.0 Å². The molecule has 12 N–H and O–H groups in total. The Kier molecular flexibility index (Phi) is 20.9. The fourth-order valence-electron chi connectivity index (χ4n) is 1.32. The van der Waals surface area contributed by atoms with Crippen LogP contribution in [0.4, 0.5) is 0 Å². The fraction of sp³-hybridized carbons (Fsp3) is 0.833. The van der Waals surface area contributed by atoms with Crippen molar-refractivity contribution in [2.75, 3.05) is 13.2 Å². The van der Waals surface area contributed by atoms with E-state index >= 15 is 0 Å². The maximum Gasteiger partial charge on any atom is 2.00 e. The van der Waals surface area contributed by atoms with Gasteiger partial charge in [-0.25, -0.2) is 9.59 Å². The Morgan fingerprint density at radius 2 is 0.821 bits per heavy atom. The first-order valence-corrected chi connectivity index (χ1v) is 6.89. The molecule has 8 atom stereocenters. The second kappa shape index (κ2) is 16.9. The second-order valence-corrected chi connectivity index (χ2v) is 5.00. The summed E-state index contributed by atoms with van der Waals surface area (Å²) in [6.45, 7) is -2.19. The number of aliphatic carboxylic acids is 2. The van der Waals surface area contributed by atoms with E-state index in [2.05, 4.69) is 0 Å². The number of hydrogen-bond donors (Lipinski definition) is 10. The van der Waals surface area contributed by atoms with Crippen LogP contribution in [0.5, 0.6) is 0 Å². The summed E-state index contributed by atoms with van der Waals surface area (Å²) in [6.07, 6.45) is -16.2. The van der Waals surface area contributed by atoms with Crippen LogP contribution in [0.25, 0.3) is 0 Å². The molecule has 15 nitrogen and oxygen atoms in total. The zero-order chi connectivity index (χ0) is 21.2. The topological polar surface area (TPSA) is 314 Å². The van der Waals surface area contributed by atoms with Crippen molar-refractivity contribution in [3.63, 3.8) is 0 Å². The molecule has 0 heterocycles. The molecule has 0 aliphatic heterocycles. The Bertz CT molecular complexity index is 386. The molecule has 1 radical (unpaired) electrons. The van der Waals surface area contributed by atoms with Gasteiger partial charge >= 0.3 is 29.0 Å². The predicted molar refractivity (Wildman–Crippen MR) is 76.7 cm³/mol. The molecule has 0 rings (SSSR count). The first-order valence-electron chi connectivity index (χ1n) is 6.89. The van der Waals surface area contributed by atoms with Crippen molar-refractivity contribution in [1.29, 1.82) is 0 Å². The van der Waals surface area contributed by atoms with Gasteiger partial charge in [0, 0.05) is 0 Å². The quantitative estimate of drug-likeness (QED) is 0.135. The van der Waals surface area contributed by atoms with Crippen molar-refractivity contribution in [3.05, 3.63) is 0 Å². The molecule has 0 fully saturated rings. The fourth-order valence-corrected chi connectivity index (χ4v) is 1.32. The maximum atomic E-state index is 10.1. The van der Waals surface area contributed by atoms with Gasteiger partial charge in [0.05, 0.1) is 12.2 Å². The number of carboxylic acid groups (broad SMARTS) is 2. The molecule has 0 aliphatic rings. The molecule has 0 spiro atoms. The van der Waals surface area contributed by atoms with E-state index in [4.69, 9.17) is 51.1 Å². The molecule has 16 heteroatoms. The average Bonchev–Trinajstić information content (AvgIpc) is 2.62. The summed E-state index contributed by atoms with van der Waals surface area (Å²) < 4.78 is 0. The molecule has 0 saturated carbocycles. The zero-order valence-corrected chi connectivity index (χ0v) is 15.2. The van der Waals surface area contributed by atoms with Gasteiger partial charge in [0.1, 0.15) is 24.4 Å². The molecule has 169 valence electrons. The Balaban J connectivity index is -0.000000192. The molecule has 0 saturated heterocycles. The number of aliphatic hydroxyl groups excluding tert-OH is 8. The van der Waals surface area contributed by atoms with Crippen LogP contribution in [0.3, 0.4) is 0 Å². The predicted octanol–water partition coefficient (Wildman–Crippen LogP) is -9.08. The standard InChI is InChI=1S/2C6H11O7.Mn.H2O/c2*7-1-2(8)3(9)4(10)5(11)6(12)13;;/h2*2-5,8-11H,1H2,(H,12,13);;1H2/q2*-1;+2;/t2*2-,3-,4+,5-;;/m11../s1. The average molecular weight is 463 g/mol. The number of carboxylic acids is 2. The third-order valence-corrected chi connectivity index (χ3v) is 2.98. The monoisotopic (exact) mass is 463 g/mol. The minimum Gasteiger partial charge on any atom is -0.853 e. The third kappa shape index (κ3) is 11.8. The van der Waals surface area contributed by atoms with Crippen LogP contribution in [0.2, 0.25) is 0 Å². The molecular weight excluding hydrogens is 439 g/mol. The van der Waals surface area contributed by atoms with Crippen molar-refractivity contribution < 1.29 is 93.4 Å². The van der Waals surface area contributed by atoms with Crippen molar-refractivity contribution in [2.45, 2.75) is 48.8 Å². The number of carbonyl (C=O) groups is 2. The van der Waals surface area contributed by atoms with E-state index in [0.717, 1.165) is 0 Å². The first kappa shape index (κ1) is 34.5. The minimum absolute atomic E-state index is 0. The van der Waals surface area contributed by atoms with E-state index in [1.165, 1.54) is 0 Å². The van der Waals surface area contributed by atoms with Crippen molar-refractivity contribution in [3.8, 4) is 0 Å². The largest absolute Gasteiger partial charge is 2.00 e. The van der Waals surface area contributed by atoms with E-state index in [9.17, 15) is 19.8 Å². The zero-order valence-electron chi connectivity index (χ0n) is 14.0. The summed E-state index contributed by atoms with van der Waals surface area (Å²) >= 11 is 0. The van der Waals surface area contributed by atoms with E-state index in [1.807, 2.05) is 0 Å². The number of hydrogen-bond acceptors (Lipinski definition) is 12. The summed E-state index contributed by atoms with van der Waals surface area (Å²) in [4.78, 5) is 20.2. The molecule has 0 bridgehead atoms. The molecular formula is C12H24MnO15. The van der Waals surface area contributed by atoms with Crippen LogP contribution in [0, 0.1) is 0 Å². The van der Waals surface area contributed by atoms with E-state index in [1.54, 1.807) is 0 Å². The van der Waals surface area contributed by atoms with Crippen molar-refractivity contribution in [2.24, 2.45) is 0 Å². The van der Waals surface area contributed by atoms with Crippen LogP contribution >= 0.6 is 0 Å². The van der Waals surface area contributed by atoms with Gasteiger partial charge in [0.2, 0.25) is 0 Å².